The van der Waals surface area contributed by atoms with Crippen LogP contribution in [0.2, 0.25) is 0 Å². The lowest BCUT2D eigenvalue weighted by Crippen LogP contribution is -2.38. The summed E-state index contributed by atoms with van der Waals surface area (Å²) in [5, 5.41) is 0. The Morgan fingerprint density at radius 2 is 2.20 bits per heavy atom. The first-order valence-corrected chi connectivity index (χ1v) is 5.12. The number of rotatable bonds is 1. The molecule has 82 valence electrons. The highest BCUT2D eigenvalue weighted by Gasteiger charge is 2.30. The number of nitrogens with two attached hydrogens (primary N) is 1. The fourth-order valence-electron chi connectivity index (χ4n) is 1.83. The van der Waals surface area contributed by atoms with Crippen molar-refractivity contribution < 1.29 is 14.3 Å². The standard InChI is InChI=1S/C10H14N2O3/c11-9(13)15-10(14)12-5-1-2-8(6-12)7-3-4-7/h2,7H,1,3-6H2,(H2,11,13). The molecule has 0 aromatic heterocycles. The van der Waals surface area contributed by atoms with E-state index in [0.717, 1.165) is 6.42 Å². The van der Waals surface area contributed by atoms with Crippen molar-refractivity contribution >= 4 is 12.2 Å². The summed E-state index contributed by atoms with van der Waals surface area (Å²) in [7, 11) is 0. The van der Waals surface area contributed by atoms with Crippen molar-refractivity contribution in [3.05, 3.63) is 11.6 Å². The number of carbonyl (C=O) groups is 2. The summed E-state index contributed by atoms with van der Waals surface area (Å²) in [5.74, 6) is 0.647. The van der Waals surface area contributed by atoms with E-state index in [1.165, 1.54) is 23.3 Å². The Bertz CT molecular complexity index is 321. The highest BCUT2D eigenvalue weighted by Crippen LogP contribution is 2.38. The molecule has 0 spiro atoms. The van der Waals surface area contributed by atoms with Crippen LogP contribution in [-0.4, -0.2) is 30.2 Å². The van der Waals surface area contributed by atoms with E-state index in [4.69, 9.17) is 5.73 Å². The zero-order valence-corrected chi connectivity index (χ0v) is 8.44. The van der Waals surface area contributed by atoms with Crippen LogP contribution in [0.25, 0.3) is 0 Å². The molecule has 2 aliphatic rings. The first-order chi connectivity index (χ1) is 7.16. The van der Waals surface area contributed by atoms with E-state index < -0.39 is 12.2 Å². The van der Waals surface area contributed by atoms with E-state index in [0.29, 0.717) is 19.0 Å². The summed E-state index contributed by atoms with van der Waals surface area (Å²) in [5.41, 5.74) is 6.08. The second kappa shape index (κ2) is 3.92. The minimum Gasteiger partial charge on any atom is -0.359 e. The highest BCUT2D eigenvalue weighted by atomic mass is 16.6. The molecule has 2 amide bonds. The molecule has 1 heterocycles. The zero-order valence-electron chi connectivity index (χ0n) is 8.44. The Morgan fingerprint density at radius 1 is 1.47 bits per heavy atom. The van der Waals surface area contributed by atoms with Gasteiger partial charge in [-0.2, -0.15) is 0 Å². The molecule has 0 radical (unpaired) electrons. The molecule has 0 saturated heterocycles. The molecule has 1 aliphatic heterocycles. The van der Waals surface area contributed by atoms with Crippen LogP contribution in [0, 0.1) is 5.92 Å². The lowest BCUT2D eigenvalue weighted by molar-refractivity contribution is 0.123. The number of ether oxygens (including phenoxy) is 1. The molecule has 0 aromatic carbocycles. The molecule has 0 unspecified atom stereocenters. The third-order valence-corrected chi connectivity index (χ3v) is 2.73. The Balaban J connectivity index is 1.91. The Kier molecular flexibility index (Phi) is 2.62. The van der Waals surface area contributed by atoms with E-state index in [1.807, 2.05) is 0 Å². The molecule has 1 fully saturated rings. The predicted molar refractivity (Wildman–Crippen MR) is 53.1 cm³/mol. The second-order valence-corrected chi connectivity index (χ2v) is 3.95. The molecule has 2 N–H and O–H groups in total. The molecule has 2 rings (SSSR count). The average Bonchev–Trinajstić information content (AvgIpc) is 3.00. The van der Waals surface area contributed by atoms with Crippen molar-refractivity contribution in [3.63, 3.8) is 0 Å². The van der Waals surface area contributed by atoms with Crippen molar-refractivity contribution in [3.8, 4) is 0 Å². The van der Waals surface area contributed by atoms with Gasteiger partial charge < -0.3 is 15.4 Å². The summed E-state index contributed by atoms with van der Waals surface area (Å²) < 4.78 is 4.34. The summed E-state index contributed by atoms with van der Waals surface area (Å²) in [6.07, 6.45) is 3.77. The lowest BCUT2D eigenvalue weighted by atomic mass is 10.1. The van der Waals surface area contributed by atoms with E-state index >= 15 is 0 Å². The van der Waals surface area contributed by atoms with Crippen LogP contribution >= 0.6 is 0 Å². The van der Waals surface area contributed by atoms with E-state index in [1.54, 1.807) is 0 Å². The number of carbonyl (C=O) groups excluding carboxylic acids is 2. The summed E-state index contributed by atoms with van der Waals surface area (Å²) >= 11 is 0. The van der Waals surface area contributed by atoms with Gasteiger partial charge in [0.15, 0.2) is 0 Å². The van der Waals surface area contributed by atoms with Crippen LogP contribution in [0.15, 0.2) is 11.6 Å². The van der Waals surface area contributed by atoms with Crippen LogP contribution in [0.1, 0.15) is 19.3 Å². The maximum Gasteiger partial charge on any atom is 0.419 e. The molecule has 0 atom stereocenters. The summed E-state index contributed by atoms with van der Waals surface area (Å²) in [6, 6.07) is 0. The van der Waals surface area contributed by atoms with Crippen molar-refractivity contribution in [2.45, 2.75) is 19.3 Å². The topological polar surface area (TPSA) is 72.6 Å². The van der Waals surface area contributed by atoms with Gasteiger partial charge in [-0.25, -0.2) is 9.59 Å². The monoisotopic (exact) mass is 210 g/mol. The Morgan fingerprint density at radius 3 is 2.80 bits per heavy atom. The normalized spacial score (nSPS) is 20.8. The Hall–Kier alpha value is -1.52. The van der Waals surface area contributed by atoms with Gasteiger partial charge in [-0.15, -0.1) is 0 Å². The first-order valence-electron chi connectivity index (χ1n) is 5.12. The quantitative estimate of drug-likeness (QED) is 0.522. The SMILES string of the molecule is NC(=O)OC(=O)N1CCC=C(C2CC2)C1. The van der Waals surface area contributed by atoms with Gasteiger partial charge in [0.2, 0.25) is 0 Å². The maximum atomic E-state index is 11.4. The average molecular weight is 210 g/mol. The third kappa shape index (κ3) is 2.49. The third-order valence-electron chi connectivity index (χ3n) is 2.73. The van der Waals surface area contributed by atoms with Gasteiger partial charge in [-0.3, -0.25) is 0 Å². The minimum atomic E-state index is -1.04. The summed E-state index contributed by atoms with van der Waals surface area (Å²) in [4.78, 5) is 23.3. The molecular weight excluding hydrogens is 196 g/mol. The van der Waals surface area contributed by atoms with Crippen LogP contribution in [0.5, 0.6) is 0 Å². The summed E-state index contributed by atoms with van der Waals surface area (Å²) in [6.45, 7) is 1.18. The Labute approximate surface area is 87.9 Å². The van der Waals surface area contributed by atoms with Gasteiger partial charge in [0.1, 0.15) is 0 Å². The molecule has 0 aromatic rings. The number of amides is 2. The van der Waals surface area contributed by atoms with Crippen LogP contribution in [0.4, 0.5) is 9.59 Å². The van der Waals surface area contributed by atoms with Crippen LogP contribution in [-0.2, 0) is 4.74 Å². The second-order valence-electron chi connectivity index (χ2n) is 3.95. The van der Waals surface area contributed by atoms with Gasteiger partial charge in [-0.1, -0.05) is 11.6 Å². The largest absolute Gasteiger partial charge is 0.419 e. The number of hydrogen-bond donors (Lipinski definition) is 1. The molecular formula is C10H14N2O3. The van der Waals surface area contributed by atoms with E-state index in [-0.39, 0.29) is 0 Å². The van der Waals surface area contributed by atoms with Crippen molar-refractivity contribution in [2.75, 3.05) is 13.1 Å². The predicted octanol–water partition coefficient (Wildman–Crippen LogP) is 1.24. The zero-order chi connectivity index (χ0) is 10.8. The van der Waals surface area contributed by atoms with Gasteiger partial charge in [-0.05, 0) is 25.2 Å². The number of hydrogen-bond acceptors (Lipinski definition) is 3. The maximum absolute atomic E-state index is 11.4. The smallest absolute Gasteiger partial charge is 0.359 e. The van der Waals surface area contributed by atoms with Crippen molar-refractivity contribution in [1.29, 1.82) is 0 Å². The molecule has 15 heavy (non-hydrogen) atoms. The van der Waals surface area contributed by atoms with Gasteiger partial charge >= 0.3 is 12.2 Å². The fourth-order valence-corrected chi connectivity index (χ4v) is 1.83. The lowest BCUT2D eigenvalue weighted by Gasteiger charge is -2.25. The van der Waals surface area contributed by atoms with Gasteiger partial charge in [0.05, 0.1) is 0 Å². The molecule has 5 nitrogen and oxygen atoms in total. The molecule has 0 bridgehead atoms. The van der Waals surface area contributed by atoms with Gasteiger partial charge in [0.25, 0.3) is 0 Å². The van der Waals surface area contributed by atoms with Crippen LogP contribution in [0.3, 0.4) is 0 Å². The molecule has 1 aliphatic carbocycles. The fraction of sp³-hybridized carbons (Fsp3) is 0.600. The van der Waals surface area contributed by atoms with E-state index in [2.05, 4.69) is 10.8 Å². The van der Waals surface area contributed by atoms with Crippen molar-refractivity contribution in [1.82, 2.24) is 4.90 Å². The van der Waals surface area contributed by atoms with Crippen molar-refractivity contribution in [2.24, 2.45) is 11.7 Å². The first kappa shape index (κ1) is 10.0. The van der Waals surface area contributed by atoms with E-state index in [9.17, 15) is 9.59 Å². The van der Waals surface area contributed by atoms with Crippen LogP contribution < -0.4 is 5.73 Å². The molecule has 1 saturated carbocycles. The highest BCUT2D eigenvalue weighted by molar-refractivity contribution is 5.82. The number of nitrogens with zero attached hydrogens (tertiary/aromatic N) is 1. The number of primary amides is 1. The molecule has 5 heteroatoms. The van der Waals surface area contributed by atoms with Gasteiger partial charge in [0, 0.05) is 13.1 Å². The minimum absolute atomic E-state index is 0.580.